The number of hydrogen-bond acceptors (Lipinski definition) is 2. The first-order chi connectivity index (χ1) is 9.58. The van der Waals surface area contributed by atoms with E-state index in [-0.39, 0.29) is 17.3 Å². The molecule has 0 atom stereocenters. The van der Waals surface area contributed by atoms with Gasteiger partial charge >= 0.3 is 5.97 Å². The van der Waals surface area contributed by atoms with Gasteiger partial charge in [0.15, 0.2) is 0 Å². The van der Waals surface area contributed by atoms with E-state index in [1.54, 1.807) is 17.7 Å². The lowest BCUT2D eigenvalue weighted by molar-refractivity contribution is 0.0699. The Morgan fingerprint density at radius 2 is 2.10 bits per heavy atom. The Bertz CT molecular complexity index is 671. The molecule has 1 aliphatic heterocycles. The van der Waals surface area contributed by atoms with Crippen LogP contribution >= 0.6 is 0 Å². The third-order valence-electron chi connectivity index (χ3n) is 4.00. The molecule has 0 spiro atoms. The van der Waals surface area contributed by atoms with Gasteiger partial charge in [0, 0.05) is 37.4 Å². The van der Waals surface area contributed by atoms with Crippen molar-refractivity contribution in [2.24, 2.45) is 7.05 Å². The van der Waals surface area contributed by atoms with Crippen LogP contribution in [0.15, 0.2) is 18.3 Å². The average Bonchev–Trinajstić information content (AvgIpc) is 2.76. The van der Waals surface area contributed by atoms with E-state index in [2.05, 4.69) is 0 Å². The first-order valence-electron chi connectivity index (χ1n) is 6.67. The second kappa shape index (κ2) is 4.90. The lowest BCUT2D eigenvalue weighted by Gasteiger charge is -2.23. The van der Waals surface area contributed by atoms with Gasteiger partial charge in [-0.1, -0.05) is 0 Å². The van der Waals surface area contributed by atoms with Gasteiger partial charge in [-0.2, -0.15) is 0 Å². The Hall–Kier alpha value is -1.88. The predicted molar refractivity (Wildman–Crippen MR) is 72.6 cm³/mol. The summed E-state index contributed by atoms with van der Waals surface area (Å²) in [5.74, 6) is -1.21. The van der Waals surface area contributed by atoms with Crippen molar-refractivity contribution >= 4 is 16.9 Å². The number of carboxylic acid groups (broad SMARTS) is 1. The number of halogens is 1. The maximum absolute atomic E-state index is 14.3. The van der Waals surface area contributed by atoms with Gasteiger partial charge in [0.25, 0.3) is 0 Å². The molecule has 1 aromatic heterocycles. The molecule has 1 fully saturated rings. The Morgan fingerprint density at radius 1 is 1.40 bits per heavy atom. The number of benzene rings is 1. The molecule has 2 aromatic rings. The van der Waals surface area contributed by atoms with E-state index < -0.39 is 5.97 Å². The van der Waals surface area contributed by atoms with Crippen molar-refractivity contribution in [2.45, 2.75) is 18.8 Å². The monoisotopic (exact) mass is 277 g/mol. The molecule has 0 radical (unpaired) electrons. The van der Waals surface area contributed by atoms with Gasteiger partial charge in [-0.3, -0.25) is 0 Å². The Labute approximate surface area is 115 Å². The Kier molecular flexibility index (Phi) is 3.22. The summed E-state index contributed by atoms with van der Waals surface area (Å²) >= 11 is 0. The van der Waals surface area contributed by atoms with Crippen molar-refractivity contribution in [3.8, 4) is 0 Å². The third kappa shape index (κ3) is 2.08. The highest BCUT2D eigenvalue weighted by atomic mass is 19.1. The molecule has 0 bridgehead atoms. The number of aryl methyl sites for hydroxylation is 1. The van der Waals surface area contributed by atoms with Crippen LogP contribution in [0.25, 0.3) is 10.9 Å². The van der Waals surface area contributed by atoms with Crippen LogP contribution in [0.5, 0.6) is 0 Å². The van der Waals surface area contributed by atoms with E-state index >= 15 is 0 Å². The van der Waals surface area contributed by atoms with Crippen LogP contribution in [-0.4, -0.2) is 28.9 Å². The van der Waals surface area contributed by atoms with Crippen LogP contribution in [0, 0.1) is 5.82 Å². The molecule has 0 amide bonds. The van der Waals surface area contributed by atoms with Gasteiger partial charge in [0.05, 0.1) is 5.56 Å². The summed E-state index contributed by atoms with van der Waals surface area (Å²) in [5.41, 5.74) is 1.56. The second-order valence-electron chi connectivity index (χ2n) is 5.24. The molecule has 1 N–H and O–H groups in total. The minimum atomic E-state index is -1.03. The topological polar surface area (TPSA) is 51.5 Å². The van der Waals surface area contributed by atoms with Gasteiger partial charge < -0.3 is 14.4 Å². The number of ether oxygens (including phenoxy) is 1. The first-order valence-corrected chi connectivity index (χ1v) is 6.67. The zero-order valence-electron chi connectivity index (χ0n) is 11.2. The molecule has 106 valence electrons. The number of nitrogens with zero attached hydrogens (tertiary/aromatic N) is 1. The SMILES string of the molecule is Cn1cc(C(=O)O)c2cc(F)c(C3CCOCC3)cc21. The minimum Gasteiger partial charge on any atom is -0.478 e. The first kappa shape index (κ1) is 13.1. The molecular formula is C15H16FNO3. The van der Waals surface area contributed by atoms with E-state index in [1.807, 2.05) is 0 Å². The van der Waals surface area contributed by atoms with Gasteiger partial charge in [-0.05, 0) is 36.5 Å². The van der Waals surface area contributed by atoms with Crippen LogP contribution in [0.1, 0.15) is 34.7 Å². The number of aromatic nitrogens is 1. The van der Waals surface area contributed by atoms with Gasteiger partial charge in [-0.25, -0.2) is 9.18 Å². The van der Waals surface area contributed by atoms with Crippen molar-refractivity contribution in [2.75, 3.05) is 13.2 Å². The molecule has 1 saturated heterocycles. The van der Waals surface area contributed by atoms with Crippen molar-refractivity contribution < 1.29 is 19.0 Å². The molecule has 5 heteroatoms. The van der Waals surface area contributed by atoms with Crippen LogP contribution in [-0.2, 0) is 11.8 Å². The van der Waals surface area contributed by atoms with Crippen LogP contribution in [0.4, 0.5) is 4.39 Å². The van der Waals surface area contributed by atoms with E-state index in [4.69, 9.17) is 9.84 Å². The number of rotatable bonds is 2. The summed E-state index contributed by atoms with van der Waals surface area (Å²) in [4.78, 5) is 11.2. The molecule has 2 heterocycles. The van der Waals surface area contributed by atoms with E-state index in [0.29, 0.717) is 24.2 Å². The lowest BCUT2D eigenvalue weighted by atomic mass is 9.90. The third-order valence-corrected chi connectivity index (χ3v) is 4.00. The average molecular weight is 277 g/mol. The Balaban J connectivity index is 2.14. The van der Waals surface area contributed by atoms with Gasteiger partial charge in [0.2, 0.25) is 0 Å². The predicted octanol–water partition coefficient (Wildman–Crippen LogP) is 2.91. The highest BCUT2D eigenvalue weighted by Gasteiger charge is 2.22. The maximum atomic E-state index is 14.3. The maximum Gasteiger partial charge on any atom is 0.337 e. The summed E-state index contributed by atoms with van der Waals surface area (Å²) in [7, 11) is 1.78. The van der Waals surface area contributed by atoms with Crippen LogP contribution < -0.4 is 0 Å². The number of carbonyl (C=O) groups is 1. The quantitative estimate of drug-likeness (QED) is 0.918. The van der Waals surface area contributed by atoms with E-state index in [9.17, 15) is 9.18 Å². The molecule has 4 nitrogen and oxygen atoms in total. The minimum absolute atomic E-state index is 0.139. The van der Waals surface area contributed by atoms with Crippen LogP contribution in [0.2, 0.25) is 0 Å². The van der Waals surface area contributed by atoms with Gasteiger partial charge in [0.1, 0.15) is 5.82 Å². The fourth-order valence-electron chi connectivity index (χ4n) is 2.91. The van der Waals surface area contributed by atoms with Crippen LogP contribution in [0.3, 0.4) is 0 Å². The summed E-state index contributed by atoms with van der Waals surface area (Å²) in [5, 5.41) is 9.60. The smallest absolute Gasteiger partial charge is 0.337 e. The summed E-state index contributed by atoms with van der Waals surface area (Å²) in [6, 6.07) is 3.14. The molecule has 0 aliphatic carbocycles. The fraction of sp³-hybridized carbons (Fsp3) is 0.400. The number of carboxylic acids is 1. The molecular weight excluding hydrogens is 261 g/mol. The highest BCUT2D eigenvalue weighted by molar-refractivity contribution is 6.03. The molecule has 0 unspecified atom stereocenters. The van der Waals surface area contributed by atoms with E-state index in [0.717, 1.165) is 18.4 Å². The normalized spacial score (nSPS) is 16.7. The summed E-state index contributed by atoms with van der Waals surface area (Å²) in [6.45, 7) is 1.30. The number of aromatic carboxylic acids is 1. The van der Waals surface area contributed by atoms with Crippen molar-refractivity contribution in [1.82, 2.24) is 4.57 Å². The highest BCUT2D eigenvalue weighted by Crippen LogP contribution is 2.33. The number of fused-ring (bicyclic) bond motifs is 1. The van der Waals surface area contributed by atoms with Crippen molar-refractivity contribution in [1.29, 1.82) is 0 Å². The Morgan fingerprint density at radius 3 is 2.75 bits per heavy atom. The van der Waals surface area contributed by atoms with Crippen molar-refractivity contribution in [3.05, 3.63) is 35.3 Å². The fourth-order valence-corrected chi connectivity index (χ4v) is 2.91. The molecule has 0 saturated carbocycles. The summed E-state index contributed by atoms with van der Waals surface area (Å²) < 4.78 is 21.4. The zero-order chi connectivity index (χ0) is 14.3. The second-order valence-corrected chi connectivity index (χ2v) is 5.24. The lowest BCUT2D eigenvalue weighted by Crippen LogP contribution is -2.15. The van der Waals surface area contributed by atoms with Crippen molar-refractivity contribution in [3.63, 3.8) is 0 Å². The largest absolute Gasteiger partial charge is 0.478 e. The number of hydrogen-bond donors (Lipinski definition) is 1. The molecule has 1 aliphatic rings. The zero-order valence-corrected chi connectivity index (χ0v) is 11.2. The molecule has 20 heavy (non-hydrogen) atoms. The molecule has 3 rings (SSSR count). The summed E-state index contributed by atoms with van der Waals surface area (Å²) in [6.07, 6.45) is 3.14. The van der Waals surface area contributed by atoms with Gasteiger partial charge in [-0.15, -0.1) is 0 Å². The molecule has 1 aromatic carbocycles. The van der Waals surface area contributed by atoms with E-state index in [1.165, 1.54) is 12.3 Å². The standard InChI is InChI=1S/C15H16FNO3/c1-17-8-12(15(18)19)11-6-13(16)10(7-14(11)17)9-2-4-20-5-3-9/h6-9H,2-5H2,1H3,(H,18,19).